The number of hydrogen-bond acceptors (Lipinski definition) is 2. The van der Waals surface area contributed by atoms with Crippen molar-refractivity contribution in [2.75, 3.05) is 6.54 Å². The molecule has 1 aromatic carbocycles. The van der Waals surface area contributed by atoms with Gasteiger partial charge in [-0.1, -0.05) is 24.1 Å². The Kier molecular flexibility index (Phi) is 3.75. The summed E-state index contributed by atoms with van der Waals surface area (Å²) >= 11 is 5.59. The minimum atomic E-state index is -0.925. The monoisotopic (exact) mass is 285 g/mol. The van der Waals surface area contributed by atoms with Crippen molar-refractivity contribution >= 4 is 23.5 Å². The number of carboxylic acids is 1. The van der Waals surface area contributed by atoms with Crippen molar-refractivity contribution in [3.05, 3.63) is 34.6 Å². The molecular formula is C13H13ClFNO3. The second-order valence-corrected chi connectivity index (χ2v) is 5.13. The Morgan fingerprint density at radius 3 is 2.63 bits per heavy atom. The molecule has 102 valence electrons. The van der Waals surface area contributed by atoms with Gasteiger partial charge in [0.05, 0.1) is 16.0 Å². The van der Waals surface area contributed by atoms with Gasteiger partial charge in [0.1, 0.15) is 0 Å². The number of halogens is 2. The highest BCUT2D eigenvalue weighted by Gasteiger charge is 2.44. The van der Waals surface area contributed by atoms with Crippen molar-refractivity contribution in [1.82, 2.24) is 5.32 Å². The molecule has 0 unspecified atom stereocenters. The SMILES string of the molecule is O=C(NCC1(C(=O)O)CCC1)c1cccc(Cl)c1F. The smallest absolute Gasteiger partial charge is 0.311 e. The minimum absolute atomic E-state index is 0.00706. The maximum absolute atomic E-state index is 13.6. The molecule has 0 atom stereocenters. The molecule has 2 N–H and O–H groups in total. The molecule has 2 rings (SSSR count). The number of carboxylic acid groups (broad SMARTS) is 1. The third-order valence-electron chi connectivity index (χ3n) is 3.55. The number of rotatable bonds is 4. The first-order valence-corrected chi connectivity index (χ1v) is 6.30. The van der Waals surface area contributed by atoms with Crippen molar-refractivity contribution in [1.29, 1.82) is 0 Å². The average Bonchev–Trinajstić information content (AvgIpc) is 2.30. The zero-order valence-electron chi connectivity index (χ0n) is 10.1. The fraction of sp³-hybridized carbons (Fsp3) is 0.385. The highest BCUT2D eigenvalue weighted by atomic mass is 35.5. The molecular weight excluding hydrogens is 273 g/mol. The number of carbonyl (C=O) groups is 2. The molecule has 0 saturated heterocycles. The largest absolute Gasteiger partial charge is 0.481 e. The van der Waals surface area contributed by atoms with Crippen LogP contribution in [-0.4, -0.2) is 23.5 Å². The summed E-state index contributed by atoms with van der Waals surface area (Å²) in [6.07, 6.45) is 1.88. The standard InChI is InChI=1S/C13H13ClFNO3/c14-9-4-1-3-8(10(9)15)11(17)16-7-13(12(18)19)5-2-6-13/h1,3-4H,2,5-7H2,(H,16,17)(H,18,19). The quantitative estimate of drug-likeness (QED) is 0.893. The predicted octanol–water partition coefficient (Wildman–Crippen LogP) is 2.46. The normalized spacial score (nSPS) is 16.5. The van der Waals surface area contributed by atoms with E-state index in [1.807, 2.05) is 0 Å². The van der Waals surface area contributed by atoms with E-state index in [4.69, 9.17) is 16.7 Å². The summed E-state index contributed by atoms with van der Waals surface area (Å²) < 4.78 is 13.6. The molecule has 0 aromatic heterocycles. The molecule has 1 amide bonds. The van der Waals surface area contributed by atoms with E-state index in [2.05, 4.69) is 5.32 Å². The molecule has 4 nitrogen and oxygen atoms in total. The molecule has 1 saturated carbocycles. The summed E-state index contributed by atoms with van der Waals surface area (Å²) in [5.74, 6) is -2.36. The van der Waals surface area contributed by atoms with Crippen LogP contribution >= 0.6 is 11.6 Å². The molecule has 1 fully saturated rings. The Balaban J connectivity index is 2.06. The molecule has 0 heterocycles. The van der Waals surface area contributed by atoms with Gasteiger partial charge in [-0.05, 0) is 25.0 Å². The summed E-state index contributed by atoms with van der Waals surface area (Å²) in [6.45, 7) is 0.00706. The van der Waals surface area contributed by atoms with Crippen LogP contribution in [0.15, 0.2) is 18.2 Å². The zero-order valence-corrected chi connectivity index (χ0v) is 10.8. The highest BCUT2D eigenvalue weighted by molar-refractivity contribution is 6.31. The summed E-state index contributed by atoms with van der Waals surface area (Å²) in [4.78, 5) is 23.0. The second kappa shape index (κ2) is 5.17. The number of hydrogen-bond donors (Lipinski definition) is 2. The van der Waals surface area contributed by atoms with Crippen LogP contribution in [0.5, 0.6) is 0 Å². The molecule has 6 heteroatoms. The first-order chi connectivity index (χ1) is 8.96. The van der Waals surface area contributed by atoms with Gasteiger partial charge < -0.3 is 10.4 Å². The predicted molar refractivity (Wildman–Crippen MR) is 67.7 cm³/mol. The van der Waals surface area contributed by atoms with E-state index in [1.165, 1.54) is 18.2 Å². The van der Waals surface area contributed by atoms with Gasteiger partial charge in [0.2, 0.25) is 0 Å². The molecule has 0 bridgehead atoms. The highest BCUT2D eigenvalue weighted by Crippen LogP contribution is 2.40. The van der Waals surface area contributed by atoms with Crippen LogP contribution in [0.3, 0.4) is 0 Å². The Morgan fingerprint density at radius 1 is 1.42 bits per heavy atom. The van der Waals surface area contributed by atoms with E-state index in [-0.39, 0.29) is 17.1 Å². The van der Waals surface area contributed by atoms with Crippen molar-refractivity contribution < 1.29 is 19.1 Å². The minimum Gasteiger partial charge on any atom is -0.481 e. The molecule has 0 radical (unpaired) electrons. The number of aliphatic carboxylic acids is 1. The van der Waals surface area contributed by atoms with Crippen LogP contribution in [0.4, 0.5) is 4.39 Å². The molecule has 0 spiro atoms. The molecule has 19 heavy (non-hydrogen) atoms. The summed E-state index contributed by atoms with van der Waals surface area (Å²) in [7, 11) is 0. The average molecular weight is 286 g/mol. The lowest BCUT2D eigenvalue weighted by molar-refractivity contribution is -0.153. The Hall–Kier alpha value is -1.62. The van der Waals surface area contributed by atoms with Crippen LogP contribution in [-0.2, 0) is 4.79 Å². The lowest BCUT2D eigenvalue weighted by Crippen LogP contribution is -2.47. The number of nitrogens with one attached hydrogen (secondary N) is 1. The third-order valence-corrected chi connectivity index (χ3v) is 3.84. The Morgan fingerprint density at radius 2 is 2.11 bits per heavy atom. The van der Waals surface area contributed by atoms with Gasteiger partial charge >= 0.3 is 5.97 Å². The van der Waals surface area contributed by atoms with Crippen molar-refractivity contribution in [2.45, 2.75) is 19.3 Å². The van der Waals surface area contributed by atoms with E-state index in [1.54, 1.807) is 0 Å². The number of amides is 1. The fourth-order valence-electron chi connectivity index (χ4n) is 2.09. The van der Waals surface area contributed by atoms with E-state index < -0.39 is 23.1 Å². The van der Waals surface area contributed by atoms with Crippen molar-refractivity contribution in [3.63, 3.8) is 0 Å². The van der Waals surface area contributed by atoms with Crippen LogP contribution in [0.2, 0.25) is 5.02 Å². The lowest BCUT2D eigenvalue weighted by Gasteiger charge is -2.37. The zero-order chi connectivity index (χ0) is 14.0. The van der Waals surface area contributed by atoms with E-state index in [9.17, 15) is 14.0 Å². The second-order valence-electron chi connectivity index (χ2n) is 4.72. The first kappa shape index (κ1) is 13.8. The summed E-state index contributed by atoms with van der Waals surface area (Å²) in [5.41, 5.74) is -1.07. The van der Waals surface area contributed by atoms with Crippen LogP contribution in [0, 0.1) is 11.2 Å². The van der Waals surface area contributed by atoms with Gasteiger partial charge in [0.25, 0.3) is 5.91 Å². The van der Waals surface area contributed by atoms with Crippen LogP contribution in [0.1, 0.15) is 29.6 Å². The van der Waals surface area contributed by atoms with Gasteiger partial charge in [-0.25, -0.2) is 4.39 Å². The van der Waals surface area contributed by atoms with Crippen molar-refractivity contribution in [2.24, 2.45) is 5.41 Å². The van der Waals surface area contributed by atoms with E-state index in [0.29, 0.717) is 12.8 Å². The summed E-state index contributed by atoms with van der Waals surface area (Å²) in [5, 5.41) is 11.5. The summed E-state index contributed by atoms with van der Waals surface area (Å²) in [6, 6.07) is 4.12. The third kappa shape index (κ3) is 2.56. The van der Waals surface area contributed by atoms with Crippen molar-refractivity contribution in [3.8, 4) is 0 Å². The number of carbonyl (C=O) groups excluding carboxylic acids is 1. The topological polar surface area (TPSA) is 66.4 Å². The maximum atomic E-state index is 13.6. The van der Waals surface area contributed by atoms with Crippen LogP contribution < -0.4 is 5.32 Å². The number of benzene rings is 1. The van der Waals surface area contributed by atoms with E-state index >= 15 is 0 Å². The Bertz CT molecular complexity index is 529. The molecule has 1 aromatic rings. The fourth-order valence-corrected chi connectivity index (χ4v) is 2.27. The van der Waals surface area contributed by atoms with E-state index in [0.717, 1.165) is 6.42 Å². The van der Waals surface area contributed by atoms with Gasteiger partial charge in [-0.15, -0.1) is 0 Å². The Labute approximate surface area is 114 Å². The lowest BCUT2D eigenvalue weighted by atomic mass is 9.69. The first-order valence-electron chi connectivity index (χ1n) is 5.92. The molecule has 0 aliphatic heterocycles. The van der Waals surface area contributed by atoms with Gasteiger partial charge in [0, 0.05) is 6.54 Å². The van der Waals surface area contributed by atoms with Gasteiger partial charge in [-0.2, -0.15) is 0 Å². The maximum Gasteiger partial charge on any atom is 0.311 e. The van der Waals surface area contributed by atoms with Crippen LogP contribution in [0.25, 0.3) is 0 Å². The van der Waals surface area contributed by atoms with Gasteiger partial charge in [0.15, 0.2) is 5.82 Å². The van der Waals surface area contributed by atoms with Gasteiger partial charge in [-0.3, -0.25) is 9.59 Å². The molecule has 1 aliphatic carbocycles. The molecule has 1 aliphatic rings.